The molecule has 0 heterocycles. The van der Waals surface area contributed by atoms with E-state index in [-0.39, 0.29) is 0 Å². The number of hydrogen-bond donors (Lipinski definition) is 1. The highest BCUT2D eigenvalue weighted by Crippen LogP contribution is 2.31. The maximum absolute atomic E-state index is 5.50. The Balaban J connectivity index is 2.04. The van der Waals surface area contributed by atoms with Crippen molar-refractivity contribution in [3.63, 3.8) is 0 Å². The third-order valence-electron chi connectivity index (χ3n) is 4.29. The Morgan fingerprint density at radius 3 is 2.75 bits per heavy atom. The number of halogens is 1. The van der Waals surface area contributed by atoms with E-state index in [0.717, 1.165) is 29.1 Å². The van der Waals surface area contributed by atoms with Gasteiger partial charge in [0, 0.05) is 10.5 Å². The lowest BCUT2D eigenvalue weighted by molar-refractivity contribution is 0.377. The number of ether oxygens (including phenoxy) is 1. The molecule has 1 unspecified atom stereocenters. The van der Waals surface area contributed by atoms with Gasteiger partial charge in [0.1, 0.15) is 5.75 Å². The van der Waals surface area contributed by atoms with Gasteiger partial charge >= 0.3 is 0 Å². The van der Waals surface area contributed by atoms with Crippen LogP contribution in [0.15, 0.2) is 22.7 Å². The van der Waals surface area contributed by atoms with Crippen LogP contribution in [-0.2, 0) is 6.42 Å². The van der Waals surface area contributed by atoms with Crippen LogP contribution in [0.4, 0.5) is 0 Å². The maximum Gasteiger partial charge on any atom is 0.122 e. The van der Waals surface area contributed by atoms with Crippen LogP contribution in [0.25, 0.3) is 0 Å². The first-order chi connectivity index (χ1) is 9.72. The number of methoxy groups -OCH3 is 1. The molecule has 0 spiro atoms. The van der Waals surface area contributed by atoms with E-state index < -0.39 is 0 Å². The molecule has 1 fully saturated rings. The van der Waals surface area contributed by atoms with Crippen molar-refractivity contribution in [2.75, 3.05) is 13.7 Å². The first-order valence-corrected chi connectivity index (χ1v) is 8.58. The molecular formula is C17H26BrNO. The summed E-state index contributed by atoms with van der Waals surface area (Å²) in [6, 6.07) is 6.85. The predicted octanol–water partition coefficient (Wildman–Crippen LogP) is 4.56. The molecule has 3 heteroatoms. The summed E-state index contributed by atoms with van der Waals surface area (Å²) in [5, 5.41) is 3.66. The summed E-state index contributed by atoms with van der Waals surface area (Å²) in [6.45, 7) is 3.23. The molecule has 1 aromatic rings. The fraction of sp³-hybridized carbons (Fsp3) is 0.647. The van der Waals surface area contributed by atoms with Crippen molar-refractivity contribution in [2.24, 2.45) is 5.92 Å². The van der Waals surface area contributed by atoms with Crippen LogP contribution in [0.5, 0.6) is 5.75 Å². The second kappa shape index (κ2) is 8.04. The van der Waals surface area contributed by atoms with Crippen molar-refractivity contribution in [3.05, 3.63) is 28.2 Å². The van der Waals surface area contributed by atoms with E-state index in [9.17, 15) is 0 Å². The maximum atomic E-state index is 5.50. The molecule has 1 saturated carbocycles. The standard InChI is InChI=1S/C17H26BrNO/c1-3-19-16(10-13-6-4-5-7-13)12-14-11-15(18)8-9-17(14)20-2/h8-9,11,13,16,19H,3-7,10,12H2,1-2H3. The third-order valence-corrected chi connectivity index (χ3v) is 4.79. The number of benzene rings is 1. The van der Waals surface area contributed by atoms with Crippen LogP contribution in [0.2, 0.25) is 0 Å². The second-order valence-electron chi connectivity index (χ2n) is 5.80. The van der Waals surface area contributed by atoms with Crippen molar-refractivity contribution in [2.45, 2.75) is 51.5 Å². The first kappa shape index (κ1) is 15.8. The van der Waals surface area contributed by atoms with E-state index >= 15 is 0 Å². The lowest BCUT2D eigenvalue weighted by atomic mass is 9.93. The summed E-state index contributed by atoms with van der Waals surface area (Å²) in [7, 11) is 1.76. The van der Waals surface area contributed by atoms with E-state index in [4.69, 9.17) is 4.74 Å². The van der Waals surface area contributed by atoms with Gasteiger partial charge < -0.3 is 10.1 Å². The summed E-state index contributed by atoms with van der Waals surface area (Å²) in [5.74, 6) is 1.92. The molecule has 0 aromatic heterocycles. The lowest BCUT2D eigenvalue weighted by Crippen LogP contribution is -2.32. The predicted molar refractivity (Wildman–Crippen MR) is 88.4 cm³/mol. The number of likely N-dealkylation sites (N-methyl/N-ethyl adjacent to an activating group) is 1. The number of rotatable bonds is 7. The zero-order valence-electron chi connectivity index (χ0n) is 12.6. The second-order valence-corrected chi connectivity index (χ2v) is 6.72. The molecule has 0 aliphatic heterocycles. The molecule has 112 valence electrons. The molecule has 0 radical (unpaired) electrons. The Bertz CT molecular complexity index is 415. The average Bonchev–Trinajstić information content (AvgIpc) is 2.92. The van der Waals surface area contributed by atoms with Crippen LogP contribution in [-0.4, -0.2) is 19.7 Å². The van der Waals surface area contributed by atoms with Gasteiger partial charge in [0.2, 0.25) is 0 Å². The highest BCUT2D eigenvalue weighted by Gasteiger charge is 2.21. The van der Waals surface area contributed by atoms with E-state index in [1.54, 1.807) is 7.11 Å². The lowest BCUT2D eigenvalue weighted by Gasteiger charge is -2.22. The third kappa shape index (κ3) is 4.49. The van der Waals surface area contributed by atoms with Gasteiger partial charge in [-0.1, -0.05) is 48.5 Å². The van der Waals surface area contributed by atoms with E-state index in [1.165, 1.54) is 37.7 Å². The van der Waals surface area contributed by atoms with Gasteiger partial charge in [-0.2, -0.15) is 0 Å². The van der Waals surface area contributed by atoms with Crippen LogP contribution in [0, 0.1) is 5.92 Å². The van der Waals surface area contributed by atoms with E-state index in [1.807, 2.05) is 6.07 Å². The molecular weight excluding hydrogens is 314 g/mol. The fourth-order valence-corrected chi connectivity index (χ4v) is 3.76. The van der Waals surface area contributed by atoms with Crippen molar-refractivity contribution in [3.8, 4) is 5.75 Å². The summed E-state index contributed by atoms with van der Waals surface area (Å²) in [5.41, 5.74) is 1.30. The van der Waals surface area contributed by atoms with Crippen LogP contribution in [0.3, 0.4) is 0 Å². The Labute approximate surface area is 131 Å². The van der Waals surface area contributed by atoms with Crippen molar-refractivity contribution < 1.29 is 4.74 Å². The van der Waals surface area contributed by atoms with Gasteiger partial charge in [0.15, 0.2) is 0 Å². The minimum absolute atomic E-state index is 0.561. The highest BCUT2D eigenvalue weighted by atomic mass is 79.9. The number of nitrogens with one attached hydrogen (secondary N) is 1. The van der Waals surface area contributed by atoms with Crippen molar-refractivity contribution in [1.82, 2.24) is 5.32 Å². The minimum atomic E-state index is 0.561. The van der Waals surface area contributed by atoms with Crippen molar-refractivity contribution in [1.29, 1.82) is 0 Å². The van der Waals surface area contributed by atoms with Crippen LogP contribution in [0.1, 0.15) is 44.6 Å². The van der Waals surface area contributed by atoms with Gasteiger partial charge in [0.05, 0.1) is 7.11 Å². The minimum Gasteiger partial charge on any atom is -0.496 e. The highest BCUT2D eigenvalue weighted by molar-refractivity contribution is 9.10. The van der Waals surface area contributed by atoms with Crippen LogP contribution < -0.4 is 10.1 Å². The average molecular weight is 340 g/mol. The van der Waals surface area contributed by atoms with Gasteiger partial charge in [0.25, 0.3) is 0 Å². The number of hydrogen-bond acceptors (Lipinski definition) is 2. The Morgan fingerprint density at radius 2 is 2.10 bits per heavy atom. The van der Waals surface area contributed by atoms with Gasteiger partial charge in [-0.05, 0) is 49.1 Å². The van der Waals surface area contributed by atoms with Gasteiger partial charge in [-0.25, -0.2) is 0 Å². The molecule has 0 bridgehead atoms. The largest absolute Gasteiger partial charge is 0.496 e. The summed E-state index contributed by atoms with van der Waals surface area (Å²) < 4.78 is 6.63. The molecule has 2 nitrogen and oxygen atoms in total. The Kier molecular flexibility index (Phi) is 6.37. The molecule has 1 aliphatic carbocycles. The zero-order valence-corrected chi connectivity index (χ0v) is 14.2. The molecule has 1 N–H and O–H groups in total. The first-order valence-electron chi connectivity index (χ1n) is 7.78. The smallest absolute Gasteiger partial charge is 0.122 e. The summed E-state index contributed by atoms with van der Waals surface area (Å²) in [4.78, 5) is 0. The molecule has 1 atom stereocenters. The summed E-state index contributed by atoms with van der Waals surface area (Å²) >= 11 is 3.57. The zero-order chi connectivity index (χ0) is 14.4. The molecule has 1 aliphatic rings. The van der Waals surface area contributed by atoms with E-state index in [0.29, 0.717) is 6.04 Å². The molecule has 0 saturated heterocycles. The van der Waals surface area contributed by atoms with E-state index in [2.05, 4.69) is 40.3 Å². The Morgan fingerprint density at radius 1 is 1.35 bits per heavy atom. The summed E-state index contributed by atoms with van der Waals surface area (Å²) in [6.07, 6.45) is 8.01. The fourth-order valence-electron chi connectivity index (χ4n) is 3.35. The van der Waals surface area contributed by atoms with Crippen molar-refractivity contribution >= 4 is 15.9 Å². The molecule has 20 heavy (non-hydrogen) atoms. The van der Waals surface area contributed by atoms with Crippen LogP contribution >= 0.6 is 15.9 Å². The monoisotopic (exact) mass is 339 g/mol. The molecule has 2 rings (SSSR count). The Hall–Kier alpha value is -0.540. The molecule has 1 aromatic carbocycles. The van der Waals surface area contributed by atoms with Gasteiger partial charge in [-0.15, -0.1) is 0 Å². The quantitative estimate of drug-likeness (QED) is 0.786. The topological polar surface area (TPSA) is 21.3 Å². The SMILES string of the molecule is CCNC(Cc1cc(Br)ccc1OC)CC1CCCC1. The van der Waals surface area contributed by atoms with Gasteiger partial charge in [-0.3, -0.25) is 0 Å². The normalized spacial score (nSPS) is 17.4. The molecule has 0 amide bonds.